The van der Waals surface area contributed by atoms with Crippen LogP contribution in [-0.4, -0.2) is 45.4 Å². The number of aromatic nitrogens is 2. The number of likely N-dealkylation sites (N-methyl/N-ethyl adjacent to an activating group) is 1. The molecule has 0 atom stereocenters. The van der Waals surface area contributed by atoms with E-state index in [4.69, 9.17) is 0 Å². The fraction of sp³-hybridized carbons (Fsp3) is 0.412. The summed E-state index contributed by atoms with van der Waals surface area (Å²) in [5.74, 6) is -0.514. The fourth-order valence-electron chi connectivity index (χ4n) is 2.38. The van der Waals surface area contributed by atoms with Gasteiger partial charge in [-0.15, -0.1) is 0 Å². The van der Waals surface area contributed by atoms with Crippen molar-refractivity contribution in [1.82, 2.24) is 19.8 Å². The van der Waals surface area contributed by atoms with Crippen LogP contribution in [0.3, 0.4) is 0 Å². The number of benzene rings is 1. The van der Waals surface area contributed by atoms with Crippen LogP contribution in [0.1, 0.15) is 20.8 Å². The second-order valence-corrected chi connectivity index (χ2v) is 5.82. The summed E-state index contributed by atoms with van der Waals surface area (Å²) in [6.07, 6.45) is 1.37. The standard InChI is InChI=1S/C17H22N4O3/c1-4-20(9-15(22)19-12(2)3)16(23)10-21-11-18-14-8-6-5-7-13(14)17(21)24/h5-8,11-12H,4,9-10H2,1-3H3,(H,19,22). The summed E-state index contributed by atoms with van der Waals surface area (Å²) in [6.45, 7) is 5.73. The van der Waals surface area contributed by atoms with Crippen LogP contribution in [0, 0.1) is 0 Å². The van der Waals surface area contributed by atoms with Crippen molar-refractivity contribution in [2.24, 2.45) is 0 Å². The van der Waals surface area contributed by atoms with Gasteiger partial charge in [0, 0.05) is 12.6 Å². The third-order valence-electron chi connectivity index (χ3n) is 3.56. The average Bonchev–Trinajstić information content (AvgIpc) is 2.54. The Morgan fingerprint density at radius 3 is 2.67 bits per heavy atom. The highest BCUT2D eigenvalue weighted by atomic mass is 16.2. The summed E-state index contributed by atoms with van der Waals surface area (Å²) in [5, 5.41) is 3.21. The maximum absolute atomic E-state index is 12.4. The molecule has 1 aromatic heterocycles. The molecule has 2 rings (SSSR count). The van der Waals surface area contributed by atoms with Crippen LogP contribution in [0.5, 0.6) is 0 Å². The Labute approximate surface area is 140 Å². The van der Waals surface area contributed by atoms with Crippen molar-refractivity contribution in [3.63, 3.8) is 0 Å². The second-order valence-electron chi connectivity index (χ2n) is 5.82. The molecule has 0 bridgehead atoms. The SMILES string of the molecule is CCN(CC(=O)NC(C)C)C(=O)Cn1cnc2ccccc2c1=O. The van der Waals surface area contributed by atoms with Crippen molar-refractivity contribution in [2.45, 2.75) is 33.4 Å². The van der Waals surface area contributed by atoms with E-state index in [9.17, 15) is 14.4 Å². The predicted octanol–water partition coefficient (Wildman–Crippen LogP) is 0.770. The van der Waals surface area contributed by atoms with Crippen LogP contribution in [0.4, 0.5) is 0 Å². The molecule has 0 spiro atoms. The Kier molecular flexibility index (Phi) is 5.68. The number of fused-ring (bicyclic) bond motifs is 1. The number of carbonyl (C=O) groups is 2. The molecular weight excluding hydrogens is 308 g/mol. The number of hydrogen-bond donors (Lipinski definition) is 1. The molecule has 128 valence electrons. The number of rotatable bonds is 6. The largest absolute Gasteiger partial charge is 0.352 e. The van der Waals surface area contributed by atoms with Crippen molar-refractivity contribution in [1.29, 1.82) is 0 Å². The topological polar surface area (TPSA) is 84.3 Å². The zero-order valence-electron chi connectivity index (χ0n) is 14.2. The van der Waals surface area contributed by atoms with Gasteiger partial charge in [0.1, 0.15) is 6.54 Å². The number of hydrogen-bond acceptors (Lipinski definition) is 4. The summed E-state index contributed by atoms with van der Waals surface area (Å²) in [4.78, 5) is 42.3. The molecule has 2 amide bonds. The van der Waals surface area contributed by atoms with Gasteiger partial charge in [-0.2, -0.15) is 0 Å². The number of carbonyl (C=O) groups excluding carboxylic acids is 2. The zero-order valence-corrected chi connectivity index (χ0v) is 14.2. The maximum atomic E-state index is 12.4. The Morgan fingerprint density at radius 1 is 1.29 bits per heavy atom. The van der Waals surface area contributed by atoms with Gasteiger partial charge in [-0.05, 0) is 32.9 Å². The summed E-state index contributed by atoms with van der Waals surface area (Å²) >= 11 is 0. The predicted molar refractivity (Wildman–Crippen MR) is 91.5 cm³/mol. The average molecular weight is 330 g/mol. The quantitative estimate of drug-likeness (QED) is 0.848. The maximum Gasteiger partial charge on any atom is 0.261 e. The van der Waals surface area contributed by atoms with E-state index in [0.717, 1.165) is 0 Å². The van der Waals surface area contributed by atoms with E-state index < -0.39 is 0 Å². The third kappa shape index (κ3) is 4.18. The van der Waals surface area contributed by atoms with Gasteiger partial charge in [0.05, 0.1) is 23.8 Å². The summed E-state index contributed by atoms with van der Waals surface area (Å²) in [5.41, 5.74) is 0.325. The molecule has 1 aromatic carbocycles. The minimum atomic E-state index is -0.296. The number of amides is 2. The number of para-hydroxylation sites is 1. The van der Waals surface area contributed by atoms with Gasteiger partial charge in [-0.3, -0.25) is 19.0 Å². The molecule has 0 saturated carbocycles. The molecule has 0 saturated heterocycles. The lowest BCUT2D eigenvalue weighted by atomic mass is 10.2. The zero-order chi connectivity index (χ0) is 17.7. The Morgan fingerprint density at radius 2 is 2.00 bits per heavy atom. The monoisotopic (exact) mass is 330 g/mol. The van der Waals surface area contributed by atoms with Crippen molar-refractivity contribution < 1.29 is 9.59 Å². The van der Waals surface area contributed by atoms with Gasteiger partial charge in [0.15, 0.2) is 0 Å². The third-order valence-corrected chi connectivity index (χ3v) is 3.56. The Balaban J connectivity index is 2.14. The van der Waals surface area contributed by atoms with Crippen LogP contribution in [-0.2, 0) is 16.1 Å². The molecule has 2 aromatic rings. The van der Waals surface area contributed by atoms with Crippen LogP contribution >= 0.6 is 0 Å². The van der Waals surface area contributed by atoms with Gasteiger partial charge in [0.25, 0.3) is 5.56 Å². The van der Waals surface area contributed by atoms with E-state index in [1.807, 2.05) is 13.8 Å². The first-order valence-electron chi connectivity index (χ1n) is 7.93. The van der Waals surface area contributed by atoms with Crippen molar-refractivity contribution >= 4 is 22.7 Å². The van der Waals surface area contributed by atoms with Crippen LogP contribution in [0.15, 0.2) is 35.4 Å². The molecule has 1 N–H and O–H groups in total. The van der Waals surface area contributed by atoms with E-state index >= 15 is 0 Å². The molecule has 7 nitrogen and oxygen atoms in total. The lowest BCUT2D eigenvalue weighted by Gasteiger charge is -2.21. The smallest absolute Gasteiger partial charge is 0.261 e. The minimum Gasteiger partial charge on any atom is -0.352 e. The first-order chi connectivity index (χ1) is 11.4. The Hall–Kier alpha value is -2.70. The van der Waals surface area contributed by atoms with Gasteiger partial charge in [-0.25, -0.2) is 4.98 Å². The molecule has 0 aliphatic heterocycles. The second kappa shape index (κ2) is 7.72. The lowest BCUT2D eigenvalue weighted by Crippen LogP contribution is -2.44. The number of nitrogens with zero attached hydrogens (tertiary/aromatic N) is 3. The van der Waals surface area contributed by atoms with E-state index in [0.29, 0.717) is 17.4 Å². The highest BCUT2D eigenvalue weighted by molar-refractivity contribution is 5.85. The van der Waals surface area contributed by atoms with Crippen LogP contribution < -0.4 is 10.9 Å². The molecule has 0 unspecified atom stereocenters. The Bertz CT molecular complexity index is 798. The molecule has 0 radical (unpaired) electrons. The molecular formula is C17H22N4O3. The molecule has 0 fully saturated rings. The molecule has 0 aliphatic rings. The molecule has 24 heavy (non-hydrogen) atoms. The van der Waals surface area contributed by atoms with Crippen LogP contribution in [0.2, 0.25) is 0 Å². The normalized spacial score (nSPS) is 10.8. The molecule has 0 aliphatic carbocycles. The summed E-state index contributed by atoms with van der Waals surface area (Å²) in [6, 6.07) is 7.00. The first-order valence-corrected chi connectivity index (χ1v) is 7.93. The number of nitrogens with one attached hydrogen (secondary N) is 1. The van der Waals surface area contributed by atoms with Gasteiger partial charge >= 0.3 is 0 Å². The van der Waals surface area contributed by atoms with Gasteiger partial charge in [0.2, 0.25) is 11.8 Å². The molecule has 7 heteroatoms. The van der Waals surface area contributed by atoms with Gasteiger partial charge < -0.3 is 10.2 Å². The minimum absolute atomic E-state index is 0.0126. The van der Waals surface area contributed by atoms with E-state index in [2.05, 4.69) is 10.3 Å². The van der Waals surface area contributed by atoms with Crippen molar-refractivity contribution in [3.05, 3.63) is 40.9 Å². The van der Waals surface area contributed by atoms with Crippen molar-refractivity contribution in [3.8, 4) is 0 Å². The van der Waals surface area contributed by atoms with Crippen molar-refractivity contribution in [2.75, 3.05) is 13.1 Å². The van der Waals surface area contributed by atoms with Crippen LogP contribution in [0.25, 0.3) is 10.9 Å². The molecule has 1 heterocycles. The van der Waals surface area contributed by atoms with E-state index in [1.54, 1.807) is 31.2 Å². The van der Waals surface area contributed by atoms with E-state index in [1.165, 1.54) is 15.8 Å². The van der Waals surface area contributed by atoms with Gasteiger partial charge in [-0.1, -0.05) is 12.1 Å². The summed E-state index contributed by atoms with van der Waals surface area (Å²) < 4.78 is 1.27. The highest BCUT2D eigenvalue weighted by Crippen LogP contribution is 2.05. The van der Waals surface area contributed by atoms with E-state index in [-0.39, 0.29) is 36.5 Å². The summed E-state index contributed by atoms with van der Waals surface area (Å²) in [7, 11) is 0. The fourth-order valence-corrected chi connectivity index (χ4v) is 2.38. The highest BCUT2D eigenvalue weighted by Gasteiger charge is 2.17. The lowest BCUT2D eigenvalue weighted by molar-refractivity contribution is -0.136. The first kappa shape index (κ1) is 17.7.